The van der Waals surface area contributed by atoms with Gasteiger partial charge in [0.25, 0.3) is 5.91 Å². The molecule has 0 fully saturated rings. The molecule has 0 aromatic carbocycles. The van der Waals surface area contributed by atoms with E-state index in [4.69, 9.17) is 5.73 Å². The second-order valence-electron chi connectivity index (χ2n) is 3.52. The second-order valence-corrected chi connectivity index (χ2v) is 3.52. The summed E-state index contributed by atoms with van der Waals surface area (Å²) >= 11 is 0. The Morgan fingerprint density at radius 1 is 1.15 bits per heavy atom. The van der Waals surface area contributed by atoms with Gasteiger partial charge in [-0.05, 0) is 13.8 Å². The first kappa shape index (κ1) is 11.6. The van der Waals surface area contributed by atoms with Crippen LogP contribution in [0.1, 0.15) is 13.8 Å². The van der Waals surface area contributed by atoms with Crippen LogP contribution in [0.3, 0.4) is 0 Å². The lowest BCUT2D eigenvalue weighted by molar-refractivity contribution is -0.151. The molecule has 2 N–H and O–H groups in total. The number of likely N-dealkylation sites (N-methyl/N-ethyl adjacent to an activating group) is 1. The van der Waals surface area contributed by atoms with Crippen molar-refractivity contribution < 1.29 is 14.4 Å². The van der Waals surface area contributed by atoms with Crippen molar-refractivity contribution in [1.29, 1.82) is 0 Å². The highest BCUT2D eigenvalue weighted by atomic mass is 16.2. The smallest absolute Gasteiger partial charge is 0.290 e. The minimum absolute atomic E-state index is 0.719. The molecule has 0 unspecified atom stereocenters. The van der Waals surface area contributed by atoms with Gasteiger partial charge in [0.15, 0.2) is 0 Å². The molecule has 0 atom stereocenters. The lowest BCUT2D eigenvalue weighted by atomic mass is 9.86. The van der Waals surface area contributed by atoms with E-state index in [2.05, 4.69) is 0 Å². The van der Waals surface area contributed by atoms with Crippen molar-refractivity contribution in [3.05, 3.63) is 0 Å². The Kier molecular flexibility index (Phi) is 3.17. The molecule has 0 aliphatic carbocycles. The van der Waals surface area contributed by atoms with Crippen LogP contribution in [0.15, 0.2) is 0 Å². The third kappa shape index (κ3) is 2.27. The van der Waals surface area contributed by atoms with E-state index in [1.807, 2.05) is 0 Å². The van der Waals surface area contributed by atoms with Crippen LogP contribution in [0.2, 0.25) is 0 Å². The minimum Gasteiger partial charge on any atom is -0.369 e. The van der Waals surface area contributed by atoms with Crippen LogP contribution in [-0.4, -0.2) is 36.6 Å². The van der Waals surface area contributed by atoms with Crippen molar-refractivity contribution in [2.75, 3.05) is 14.1 Å². The van der Waals surface area contributed by atoms with Crippen LogP contribution in [0.4, 0.5) is 0 Å². The Morgan fingerprint density at radius 3 is 1.77 bits per heavy atom. The molecule has 0 aromatic rings. The molecule has 0 aliphatic heterocycles. The first-order valence-corrected chi connectivity index (χ1v) is 3.77. The number of rotatable bonds is 3. The Morgan fingerprint density at radius 2 is 1.54 bits per heavy atom. The van der Waals surface area contributed by atoms with Gasteiger partial charge >= 0.3 is 0 Å². The summed E-state index contributed by atoms with van der Waals surface area (Å²) in [6.45, 7) is 2.66. The minimum atomic E-state index is -1.43. The average molecular weight is 186 g/mol. The number of ketones is 1. The zero-order valence-electron chi connectivity index (χ0n) is 8.25. The summed E-state index contributed by atoms with van der Waals surface area (Å²) in [6, 6.07) is 0. The van der Waals surface area contributed by atoms with E-state index in [0.29, 0.717) is 0 Å². The maximum absolute atomic E-state index is 11.4. The van der Waals surface area contributed by atoms with E-state index < -0.39 is 23.0 Å². The number of carbonyl (C=O) groups excluding carboxylic acids is 3. The van der Waals surface area contributed by atoms with Gasteiger partial charge in [0.2, 0.25) is 11.7 Å². The largest absolute Gasteiger partial charge is 0.369 e. The van der Waals surface area contributed by atoms with Crippen molar-refractivity contribution in [2.45, 2.75) is 13.8 Å². The van der Waals surface area contributed by atoms with E-state index in [0.717, 1.165) is 4.90 Å². The van der Waals surface area contributed by atoms with Gasteiger partial charge in [-0.2, -0.15) is 0 Å². The summed E-state index contributed by atoms with van der Waals surface area (Å²) in [5.41, 5.74) is 3.55. The highest BCUT2D eigenvalue weighted by Gasteiger charge is 2.38. The number of nitrogens with zero attached hydrogens (tertiary/aromatic N) is 1. The molecular formula is C8H14N2O3. The van der Waals surface area contributed by atoms with Gasteiger partial charge < -0.3 is 10.6 Å². The quantitative estimate of drug-likeness (QED) is 0.460. The summed E-state index contributed by atoms with van der Waals surface area (Å²) in [6.07, 6.45) is 0. The van der Waals surface area contributed by atoms with E-state index in [1.165, 1.54) is 27.9 Å². The topological polar surface area (TPSA) is 80.5 Å². The predicted molar refractivity (Wildman–Crippen MR) is 46.7 cm³/mol. The number of nitrogens with two attached hydrogens (primary N) is 1. The van der Waals surface area contributed by atoms with E-state index in [-0.39, 0.29) is 0 Å². The Hall–Kier alpha value is -1.39. The molecule has 0 aromatic heterocycles. The first-order chi connectivity index (χ1) is 5.71. The number of hydrogen-bond acceptors (Lipinski definition) is 3. The SMILES string of the molecule is CN(C)C(=O)C(=O)C(C)(C)C(N)=O. The molecule has 13 heavy (non-hydrogen) atoms. The predicted octanol–water partition coefficient (Wildman–Crippen LogP) is -0.845. The van der Waals surface area contributed by atoms with Crippen LogP contribution in [-0.2, 0) is 14.4 Å². The van der Waals surface area contributed by atoms with Gasteiger partial charge in [0.05, 0.1) is 0 Å². The molecule has 74 valence electrons. The fourth-order valence-electron chi connectivity index (χ4n) is 0.582. The van der Waals surface area contributed by atoms with Crippen molar-refractivity contribution in [1.82, 2.24) is 4.90 Å². The highest BCUT2D eigenvalue weighted by Crippen LogP contribution is 2.16. The fourth-order valence-corrected chi connectivity index (χ4v) is 0.582. The first-order valence-electron chi connectivity index (χ1n) is 3.77. The molecule has 0 rings (SSSR count). The number of carbonyl (C=O) groups is 3. The van der Waals surface area contributed by atoms with Gasteiger partial charge in [0, 0.05) is 14.1 Å². The molecule has 0 aliphatic rings. The van der Waals surface area contributed by atoms with E-state index in [1.54, 1.807) is 0 Å². The fraction of sp³-hybridized carbons (Fsp3) is 0.625. The standard InChI is InChI=1S/C8H14N2O3/c1-8(2,7(9)13)5(11)6(12)10(3)4/h1-4H3,(H2,9,13). The van der Waals surface area contributed by atoms with Crippen molar-refractivity contribution >= 4 is 17.6 Å². The van der Waals surface area contributed by atoms with Crippen LogP contribution in [0, 0.1) is 5.41 Å². The zero-order chi connectivity index (χ0) is 10.8. The molecule has 0 heterocycles. The lowest BCUT2D eigenvalue weighted by Crippen LogP contribution is -2.46. The molecule has 0 spiro atoms. The summed E-state index contributed by atoms with van der Waals surface area (Å²) in [5.74, 6) is -2.30. The van der Waals surface area contributed by atoms with Crippen molar-refractivity contribution in [3.8, 4) is 0 Å². The summed E-state index contributed by atoms with van der Waals surface area (Å²) < 4.78 is 0. The van der Waals surface area contributed by atoms with Gasteiger partial charge in [-0.3, -0.25) is 14.4 Å². The molecular weight excluding hydrogens is 172 g/mol. The van der Waals surface area contributed by atoms with Crippen LogP contribution < -0.4 is 5.73 Å². The monoisotopic (exact) mass is 186 g/mol. The molecule has 0 saturated carbocycles. The molecule has 5 heteroatoms. The van der Waals surface area contributed by atoms with Gasteiger partial charge in [-0.1, -0.05) is 0 Å². The summed E-state index contributed by atoms with van der Waals surface area (Å²) in [5, 5.41) is 0. The van der Waals surface area contributed by atoms with Crippen molar-refractivity contribution in [2.24, 2.45) is 11.1 Å². The summed E-state index contributed by atoms with van der Waals surface area (Å²) in [7, 11) is 2.88. The third-order valence-electron chi connectivity index (χ3n) is 1.78. The number of amides is 2. The Balaban J connectivity index is 4.80. The molecule has 2 amide bonds. The van der Waals surface area contributed by atoms with Gasteiger partial charge in [-0.15, -0.1) is 0 Å². The average Bonchev–Trinajstić information content (AvgIpc) is 2.01. The van der Waals surface area contributed by atoms with Crippen molar-refractivity contribution in [3.63, 3.8) is 0 Å². The molecule has 0 saturated heterocycles. The molecule has 5 nitrogen and oxygen atoms in total. The van der Waals surface area contributed by atoms with Crippen LogP contribution >= 0.6 is 0 Å². The number of hydrogen-bond donors (Lipinski definition) is 1. The summed E-state index contributed by atoms with van der Waals surface area (Å²) in [4.78, 5) is 34.5. The maximum Gasteiger partial charge on any atom is 0.290 e. The van der Waals surface area contributed by atoms with Gasteiger partial charge in [-0.25, -0.2) is 0 Å². The number of primary amides is 1. The normalized spacial score (nSPS) is 10.8. The Bertz CT molecular complexity index is 256. The third-order valence-corrected chi connectivity index (χ3v) is 1.78. The maximum atomic E-state index is 11.4. The highest BCUT2D eigenvalue weighted by molar-refractivity contribution is 6.41. The van der Waals surface area contributed by atoms with Gasteiger partial charge in [0.1, 0.15) is 5.41 Å². The molecule has 0 radical (unpaired) electrons. The van der Waals surface area contributed by atoms with Crippen LogP contribution in [0.25, 0.3) is 0 Å². The van der Waals surface area contributed by atoms with Crippen LogP contribution in [0.5, 0.6) is 0 Å². The lowest BCUT2D eigenvalue weighted by Gasteiger charge is -2.19. The molecule has 0 bridgehead atoms. The number of Topliss-reactive ketones (excluding diaryl/α,β-unsaturated/α-hetero) is 1. The second kappa shape index (κ2) is 3.55. The van der Waals surface area contributed by atoms with E-state index in [9.17, 15) is 14.4 Å². The van der Waals surface area contributed by atoms with E-state index >= 15 is 0 Å². The zero-order valence-corrected chi connectivity index (χ0v) is 8.25. The Labute approximate surface area is 76.9 Å².